The first kappa shape index (κ1) is 13.4. The van der Waals surface area contributed by atoms with Gasteiger partial charge in [0.25, 0.3) is 0 Å². The van der Waals surface area contributed by atoms with E-state index in [0.717, 1.165) is 17.7 Å². The molecule has 1 heterocycles. The van der Waals surface area contributed by atoms with Crippen molar-refractivity contribution in [2.45, 2.75) is 6.92 Å². The Hall–Kier alpha value is -2.61. The summed E-state index contributed by atoms with van der Waals surface area (Å²) >= 11 is 0. The van der Waals surface area contributed by atoms with Gasteiger partial charge in [-0.2, -0.15) is 0 Å². The van der Waals surface area contributed by atoms with Gasteiger partial charge in [-0.3, -0.25) is 4.98 Å². The van der Waals surface area contributed by atoms with Crippen molar-refractivity contribution in [2.24, 2.45) is 0 Å². The minimum atomic E-state index is 0.943. The van der Waals surface area contributed by atoms with Gasteiger partial charge >= 0.3 is 0 Å². The third kappa shape index (κ3) is 3.11. The van der Waals surface area contributed by atoms with Crippen LogP contribution >= 0.6 is 0 Å². The van der Waals surface area contributed by atoms with Crippen LogP contribution in [0.2, 0.25) is 0 Å². The molecule has 0 amide bonds. The van der Waals surface area contributed by atoms with Crippen molar-refractivity contribution in [3.63, 3.8) is 0 Å². The smallest absolute Gasteiger partial charge is 0.0707 e. The lowest BCUT2D eigenvalue weighted by atomic mass is 10.1. The van der Waals surface area contributed by atoms with E-state index in [0.29, 0.717) is 0 Å². The first-order valence-electron chi connectivity index (χ1n) is 7.22. The fourth-order valence-electron chi connectivity index (χ4n) is 2.37. The highest BCUT2D eigenvalue weighted by Crippen LogP contribution is 2.19. The molecule has 0 unspecified atom stereocenters. The van der Waals surface area contributed by atoms with Crippen LogP contribution in [-0.4, -0.2) is 11.5 Å². The minimum Gasteiger partial charge on any atom is -0.385 e. The molecule has 1 N–H and O–H groups in total. The molecule has 0 bridgehead atoms. The summed E-state index contributed by atoms with van der Waals surface area (Å²) in [5.74, 6) is 0. The second-order valence-electron chi connectivity index (χ2n) is 4.90. The van der Waals surface area contributed by atoms with Crippen LogP contribution in [0.15, 0.2) is 60.8 Å². The third-order valence-electron chi connectivity index (χ3n) is 3.43. The van der Waals surface area contributed by atoms with Crippen molar-refractivity contribution in [3.05, 3.63) is 71.9 Å². The summed E-state index contributed by atoms with van der Waals surface area (Å²) in [6.07, 6.45) is 6.14. The summed E-state index contributed by atoms with van der Waals surface area (Å²) in [6, 6.07) is 18.7. The minimum absolute atomic E-state index is 0.943. The zero-order chi connectivity index (χ0) is 14.5. The van der Waals surface area contributed by atoms with Crippen LogP contribution in [0, 0.1) is 0 Å². The van der Waals surface area contributed by atoms with Gasteiger partial charge in [0.1, 0.15) is 0 Å². The number of para-hydroxylation sites is 1. The molecule has 0 saturated carbocycles. The average Bonchev–Trinajstić information content (AvgIpc) is 2.54. The third-order valence-corrected chi connectivity index (χ3v) is 3.43. The van der Waals surface area contributed by atoms with Crippen molar-refractivity contribution >= 4 is 28.7 Å². The summed E-state index contributed by atoms with van der Waals surface area (Å²) in [4.78, 5) is 4.39. The lowest BCUT2D eigenvalue weighted by molar-refractivity contribution is 1.21. The van der Waals surface area contributed by atoms with Crippen molar-refractivity contribution in [3.8, 4) is 0 Å². The van der Waals surface area contributed by atoms with Crippen LogP contribution in [0.5, 0.6) is 0 Å². The van der Waals surface area contributed by atoms with E-state index in [1.807, 2.05) is 30.5 Å². The second-order valence-corrected chi connectivity index (χ2v) is 4.90. The van der Waals surface area contributed by atoms with Gasteiger partial charge in [0.05, 0.1) is 5.52 Å². The predicted molar refractivity (Wildman–Crippen MR) is 91.3 cm³/mol. The fraction of sp³-hybridized carbons (Fsp3) is 0.105. The van der Waals surface area contributed by atoms with Crippen LogP contribution in [-0.2, 0) is 0 Å². The number of hydrogen-bond donors (Lipinski definition) is 1. The van der Waals surface area contributed by atoms with Crippen molar-refractivity contribution < 1.29 is 0 Å². The Kier molecular flexibility index (Phi) is 3.97. The average molecular weight is 274 g/mol. The van der Waals surface area contributed by atoms with E-state index in [2.05, 4.69) is 59.7 Å². The zero-order valence-electron chi connectivity index (χ0n) is 12.1. The van der Waals surface area contributed by atoms with E-state index in [1.54, 1.807) is 0 Å². The molecular formula is C19H18N2. The summed E-state index contributed by atoms with van der Waals surface area (Å²) in [7, 11) is 0. The monoisotopic (exact) mass is 274 g/mol. The second kappa shape index (κ2) is 6.23. The molecule has 104 valence electrons. The molecule has 2 aromatic carbocycles. The van der Waals surface area contributed by atoms with Gasteiger partial charge in [0, 0.05) is 23.8 Å². The Labute approximate surface area is 125 Å². The fourth-order valence-corrected chi connectivity index (χ4v) is 2.37. The Morgan fingerprint density at radius 1 is 0.952 bits per heavy atom. The number of fused-ring (bicyclic) bond motifs is 1. The van der Waals surface area contributed by atoms with Crippen LogP contribution in [0.4, 0.5) is 5.69 Å². The van der Waals surface area contributed by atoms with E-state index in [-0.39, 0.29) is 0 Å². The lowest BCUT2D eigenvalue weighted by Gasteiger charge is -2.03. The number of aromatic nitrogens is 1. The molecule has 0 fully saturated rings. The van der Waals surface area contributed by atoms with Crippen molar-refractivity contribution in [2.75, 3.05) is 11.9 Å². The molecule has 0 aliphatic rings. The van der Waals surface area contributed by atoms with Gasteiger partial charge < -0.3 is 5.32 Å². The molecule has 0 atom stereocenters. The van der Waals surface area contributed by atoms with E-state index in [9.17, 15) is 0 Å². The van der Waals surface area contributed by atoms with Gasteiger partial charge in [-0.05, 0) is 42.3 Å². The maximum absolute atomic E-state index is 4.39. The molecule has 3 rings (SSSR count). The highest BCUT2D eigenvalue weighted by molar-refractivity contribution is 5.90. The summed E-state index contributed by atoms with van der Waals surface area (Å²) < 4.78 is 0. The van der Waals surface area contributed by atoms with Gasteiger partial charge in [0.15, 0.2) is 0 Å². The van der Waals surface area contributed by atoms with E-state index in [4.69, 9.17) is 0 Å². The van der Waals surface area contributed by atoms with E-state index >= 15 is 0 Å². The van der Waals surface area contributed by atoms with Gasteiger partial charge in [0.2, 0.25) is 0 Å². The van der Waals surface area contributed by atoms with Crippen LogP contribution in [0.25, 0.3) is 23.1 Å². The van der Waals surface area contributed by atoms with Gasteiger partial charge in [-0.15, -0.1) is 0 Å². The summed E-state index contributed by atoms with van der Waals surface area (Å²) in [5, 5.41) is 4.48. The number of nitrogens with one attached hydrogen (secondary N) is 1. The molecule has 3 aromatic rings. The van der Waals surface area contributed by atoms with Crippen LogP contribution in [0.1, 0.15) is 18.1 Å². The van der Waals surface area contributed by atoms with Crippen molar-refractivity contribution in [1.82, 2.24) is 4.98 Å². The molecule has 21 heavy (non-hydrogen) atoms. The molecule has 2 nitrogen and oxygen atoms in total. The molecule has 0 saturated heterocycles. The number of hydrogen-bond acceptors (Lipinski definition) is 2. The Morgan fingerprint density at radius 3 is 2.57 bits per heavy atom. The quantitative estimate of drug-likeness (QED) is 0.736. The Balaban J connectivity index is 1.87. The normalized spacial score (nSPS) is 11.1. The largest absolute Gasteiger partial charge is 0.385 e. The Morgan fingerprint density at radius 2 is 1.76 bits per heavy atom. The lowest BCUT2D eigenvalue weighted by Crippen LogP contribution is -1.95. The number of benzene rings is 2. The number of rotatable bonds is 4. The number of anilines is 1. The van der Waals surface area contributed by atoms with Gasteiger partial charge in [-0.1, -0.05) is 42.5 Å². The van der Waals surface area contributed by atoms with Crippen LogP contribution in [0.3, 0.4) is 0 Å². The molecule has 1 aromatic heterocycles. The molecule has 0 aliphatic heterocycles. The van der Waals surface area contributed by atoms with E-state index < -0.39 is 0 Å². The topological polar surface area (TPSA) is 24.9 Å². The number of nitrogens with zero attached hydrogens (tertiary/aromatic N) is 1. The maximum Gasteiger partial charge on any atom is 0.0707 e. The first-order chi connectivity index (χ1) is 10.4. The zero-order valence-corrected chi connectivity index (χ0v) is 12.1. The highest BCUT2D eigenvalue weighted by atomic mass is 14.8. The summed E-state index contributed by atoms with van der Waals surface area (Å²) in [6.45, 7) is 3.04. The molecule has 0 radical (unpaired) electrons. The molecule has 2 heteroatoms. The molecule has 0 spiro atoms. The highest BCUT2D eigenvalue weighted by Gasteiger charge is 1.97. The summed E-state index contributed by atoms with van der Waals surface area (Å²) in [5.41, 5.74) is 4.57. The van der Waals surface area contributed by atoms with Crippen LogP contribution < -0.4 is 5.32 Å². The molecular weight excluding hydrogens is 256 g/mol. The predicted octanol–water partition coefficient (Wildman–Crippen LogP) is 4.84. The SMILES string of the molecule is CCNc1ccc(/C=C/c2ccnc3ccccc23)cc1. The standard InChI is InChI=1S/C19H18N2/c1-2-20-17-11-8-15(9-12-17)7-10-16-13-14-21-19-6-4-3-5-18(16)19/h3-14,20H,2H2,1H3/b10-7+. The number of pyridine rings is 1. The first-order valence-corrected chi connectivity index (χ1v) is 7.22. The molecule has 0 aliphatic carbocycles. The van der Waals surface area contributed by atoms with Gasteiger partial charge in [-0.25, -0.2) is 0 Å². The van der Waals surface area contributed by atoms with Crippen molar-refractivity contribution in [1.29, 1.82) is 0 Å². The maximum atomic E-state index is 4.39. The van der Waals surface area contributed by atoms with E-state index in [1.165, 1.54) is 16.5 Å². The Bertz CT molecular complexity index is 753.